The smallest absolute Gasteiger partial charge is 0.313 e. The number of aryl methyl sites for hydroxylation is 1. The van der Waals surface area contributed by atoms with Gasteiger partial charge in [-0.15, -0.1) is 10.2 Å². The van der Waals surface area contributed by atoms with Crippen LogP contribution >= 0.6 is 39.3 Å². The fraction of sp³-hybridized carbons (Fsp3) is 0.308. The van der Waals surface area contributed by atoms with Crippen LogP contribution in [0.1, 0.15) is 19.2 Å². The summed E-state index contributed by atoms with van der Waals surface area (Å²) in [6.07, 6.45) is 1.65. The quantitative estimate of drug-likeness (QED) is 0.760. The van der Waals surface area contributed by atoms with Crippen LogP contribution in [0.5, 0.6) is 0 Å². The molecule has 0 bridgehead atoms. The molecular weight excluding hydrogens is 378 g/mol. The fourth-order valence-corrected chi connectivity index (χ4v) is 3.04. The minimum Gasteiger partial charge on any atom is -0.481 e. The van der Waals surface area contributed by atoms with E-state index in [-0.39, 0.29) is 5.75 Å². The third kappa shape index (κ3) is 3.99. The molecule has 2 aromatic rings. The average molecular weight is 391 g/mol. The van der Waals surface area contributed by atoms with Gasteiger partial charge in [0.25, 0.3) is 0 Å². The molecular formula is C13H13BrClN3O2S. The van der Waals surface area contributed by atoms with Gasteiger partial charge in [0, 0.05) is 10.9 Å². The number of benzene rings is 1. The van der Waals surface area contributed by atoms with Gasteiger partial charge in [0.1, 0.15) is 5.82 Å². The maximum absolute atomic E-state index is 10.8. The highest BCUT2D eigenvalue weighted by Crippen LogP contribution is 2.30. The standard InChI is InChI=1S/C13H13BrClN3O2S/c1-2-3-11-16-17-13(21-7-12(19)20)18(11)10-6-8(14)4-5-9(10)15/h4-6H,2-3,7H2,1H3,(H,19,20). The predicted octanol–water partition coefficient (Wildman–Crippen LogP) is 3.81. The number of carboxylic acid groups (broad SMARTS) is 1. The van der Waals surface area contributed by atoms with Crippen LogP contribution in [0.2, 0.25) is 5.02 Å². The molecule has 2 rings (SSSR count). The van der Waals surface area contributed by atoms with Crippen molar-refractivity contribution in [1.29, 1.82) is 0 Å². The maximum atomic E-state index is 10.8. The van der Waals surface area contributed by atoms with Crippen LogP contribution in [-0.2, 0) is 11.2 Å². The van der Waals surface area contributed by atoms with Crippen LogP contribution in [0, 0.1) is 0 Å². The predicted molar refractivity (Wildman–Crippen MR) is 86.4 cm³/mol. The Labute approximate surface area is 139 Å². The third-order valence-electron chi connectivity index (χ3n) is 2.65. The number of halogens is 2. The molecule has 0 atom stereocenters. The summed E-state index contributed by atoms with van der Waals surface area (Å²) < 4.78 is 2.71. The second-order valence-electron chi connectivity index (χ2n) is 4.26. The van der Waals surface area contributed by atoms with E-state index in [4.69, 9.17) is 16.7 Å². The Hall–Kier alpha value is -1.05. The zero-order chi connectivity index (χ0) is 15.4. The highest BCUT2D eigenvalue weighted by molar-refractivity contribution is 9.10. The first-order valence-electron chi connectivity index (χ1n) is 6.27. The van der Waals surface area contributed by atoms with Crippen molar-refractivity contribution >= 4 is 45.3 Å². The molecule has 0 fully saturated rings. The van der Waals surface area contributed by atoms with Crippen molar-refractivity contribution in [2.45, 2.75) is 24.9 Å². The number of aromatic nitrogens is 3. The highest BCUT2D eigenvalue weighted by atomic mass is 79.9. The van der Waals surface area contributed by atoms with Gasteiger partial charge in [-0.05, 0) is 24.6 Å². The van der Waals surface area contributed by atoms with Gasteiger partial charge >= 0.3 is 5.97 Å². The third-order valence-corrected chi connectivity index (χ3v) is 4.37. The van der Waals surface area contributed by atoms with Crippen LogP contribution < -0.4 is 0 Å². The van der Waals surface area contributed by atoms with Crippen molar-refractivity contribution in [2.24, 2.45) is 0 Å². The molecule has 1 heterocycles. The number of hydrogen-bond acceptors (Lipinski definition) is 4. The highest BCUT2D eigenvalue weighted by Gasteiger charge is 2.17. The van der Waals surface area contributed by atoms with Crippen LogP contribution in [0.15, 0.2) is 27.8 Å². The van der Waals surface area contributed by atoms with E-state index in [0.29, 0.717) is 10.2 Å². The van der Waals surface area contributed by atoms with Gasteiger partial charge in [-0.3, -0.25) is 9.36 Å². The van der Waals surface area contributed by atoms with E-state index in [1.54, 1.807) is 6.07 Å². The Morgan fingerprint density at radius 2 is 2.24 bits per heavy atom. The molecule has 0 aliphatic carbocycles. The van der Waals surface area contributed by atoms with Crippen molar-refractivity contribution in [2.75, 3.05) is 5.75 Å². The summed E-state index contributed by atoms with van der Waals surface area (Å²) in [6, 6.07) is 5.50. The average Bonchev–Trinajstić information content (AvgIpc) is 2.82. The topological polar surface area (TPSA) is 68.0 Å². The summed E-state index contributed by atoms with van der Waals surface area (Å²) >= 11 is 10.8. The first kappa shape index (κ1) is 16.3. The summed E-state index contributed by atoms with van der Waals surface area (Å²) in [5, 5.41) is 18.2. The first-order valence-corrected chi connectivity index (χ1v) is 8.43. The van der Waals surface area contributed by atoms with Crippen molar-refractivity contribution in [3.8, 4) is 5.69 Å². The number of carboxylic acids is 1. The van der Waals surface area contributed by atoms with E-state index in [0.717, 1.165) is 40.6 Å². The van der Waals surface area contributed by atoms with Crippen LogP contribution in [-0.4, -0.2) is 31.6 Å². The van der Waals surface area contributed by atoms with Crippen molar-refractivity contribution in [1.82, 2.24) is 14.8 Å². The number of thioether (sulfide) groups is 1. The molecule has 0 aliphatic rings. The number of hydrogen-bond donors (Lipinski definition) is 1. The zero-order valence-electron chi connectivity index (χ0n) is 11.2. The Bertz CT molecular complexity index is 663. The van der Waals surface area contributed by atoms with E-state index < -0.39 is 5.97 Å². The van der Waals surface area contributed by atoms with Gasteiger partial charge in [0.15, 0.2) is 5.16 Å². The lowest BCUT2D eigenvalue weighted by Crippen LogP contribution is -2.05. The minimum absolute atomic E-state index is 0.0735. The van der Waals surface area contributed by atoms with Gasteiger partial charge in [-0.25, -0.2) is 0 Å². The summed E-state index contributed by atoms with van der Waals surface area (Å²) in [7, 11) is 0. The molecule has 8 heteroatoms. The molecule has 0 amide bonds. The van der Waals surface area contributed by atoms with Gasteiger partial charge < -0.3 is 5.11 Å². The molecule has 0 radical (unpaired) electrons. The summed E-state index contributed by atoms with van der Waals surface area (Å²) in [6.45, 7) is 2.05. The van der Waals surface area contributed by atoms with E-state index in [9.17, 15) is 4.79 Å². The Morgan fingerprint density at radius 3 is 2.90 bits per heavy atom. The normalized spacial score (nSPS) is 10.8. The van der Waals surface area contributed by atoms with Crippen molar-refractivity contribution in [3.05, 3.63) is 33.5 Å². The number of aliphatic carboxylic acids is 1. The first-order chi connectivity index (χ1) is 10.0. The lowest BCUT2D eigenvalue weighted by atomic mass is 10.3. The largest absolute Gasteiger partial charge is 0.481 e. The molecule has 0 aliphatic heterocycles. The van der Waals surface area contributed by atoms with Crippen molar-refractivity contribution < 1.29 is 9.90 Å². The van der Waals surface area contributed by atoms with E-state index in [1.165, 1.54) is 0 Å². The number of nitrogens with zero attached hydrogens (tertiary/aromatic N) is 3. The number of rotatable bonds is 6. The van der Waals surface area contributed by atoms with Gasteiger partial charge in [0.2, 0.25) is 0 Å². The molecule has 0 spiro atoms. The summed E-state index contributed by atoms with van der Waals surface area (Å²) in [5.41, 5.74) is 0.743. The summed E-state index contributed by atoms with van der Waals surface area (Å²) in [4.78, 5) is 10.8. The molecule has 112 valence electrons. The lowest BCUT2D eigenvalue weighted by molar-refractivity contribution is -0.133. The second kappa shape index (κ2) is 7.29. The minimum atomic E-state index is -0.896. The van der Waals surface area contributed by atoms with Crippen LogP contribution in [0.3, 0.4) is 0 Å². The summed E-state index contributed by atoms with van der Waals surface area (Å²) in [5.74, 6) is -0.201. The van der Waals surface area contributed by atoms with Crippen LogP contribution in [0.25, 0.3) is 5.69 Å². The monoisotopic (exact) mass is 389 g/mol. The Kier molecular flexibility index (Phi) is 5.66. The molecule has 1 aromatic heterocycles. The van der Waals surface area contributed by atoms with Crippen LogP contribution in [0.4, 0.5) is 0 Å². The SMILES string of the molecule is CCCc1nnc(SCC(=O)O)n1-c1cc(Br)ccc1Cl. The molecule has 5 nitrogen and oxygen atoms in total. The molecule has 1 N–H and O–H groups in total. The molecule has 21 heavy (non-hydrogen) atoms. The van der Waals surface area contributed by atoms with Gasteiger partial charge in [-0.1, -0.05) is 46.2 Å². The molecule has 0 saturated heterocycles. The van der Waals surface area contributed by atoms with E-state index in [2.05, 4.69) is 26.1 Å². The molecule has 1 aromatic carbocycles. The van der Waals surface area contributed by atoms with Gasteiger partial charge in [0.05, 0.1) is 16.5 Å². The Balaban J connectivity index is 2.49. The van der Waals surface area contributed by atoms with Gasteiger partial charge in [-0.2, -0.15) is 0 Å². The van der Waals surface area contributed by atoms with E-state index >= 15 is 0 Å². The lowest BCUT2D eigenvalue weighted by Gasteiger charge is -2.11. The molecule has 0 saturated carbocycles. The number of carbonyl (C=O) groups is 1. The second-order valence-corrected chi connectivity index (χ2v) is 6.53. The zero-order valence-corrected chi connectivity index (χ0v) is 14.4. The molecule has 0 unspecified atom stereocenters. The fourth-order valence-electron chi connectivity index (χ4n) is 1.80. The van der Waals surface area contributed by atoms with Crippen molar-refractivity contribution in [3.63, 3.8) is 0 Å². The Morgan fingerprint density at radius 1 is 1.48 bits per heavy atom. The maximum Gasteiger partial charge on any atom is 0.313 e. The van der Waals surface area contributed by atoms with E-state index in [1.807, 2.05) is 23.6 Å².